The Balaban J connectivity index is 1.54. The molecule has 0 fully saturated rings. The van der Waals surface area contributed by atoms with E-state index in [9.17, 15) is 9.59 Å². The molecule has 5 aromatic rings. The van der Waals surface area contributed by atoms with Crippen LogP contribution in [0.4, 0.5) is 0 Å². The summed E-state index contributed by atoms with van der Waals surface area (Å²) in [5.41, 5.74) is 2.58. The number of nitrogens with zero attached hydrogens (tertiary/aromatic N) is 4. The predicted molar refractivity (Wildman–Crippen MR) is 126 cm³/mol. The van der Waals surface area contributed by atoms with Gasteiger partial charge in [-0.2, -0.15) is 0 Å². The van der Waals surface area contributed by atoms with Crippen LogP contribution < -0.4 is 11.2 Å². The summed E-state index contributed by atoms with van der Waals surface area (Å²) in [7, 11) is 0. The molecule has 0 amide bonds. The van der Waals surface area contributed by atoms with E-state index in [4.69, 9.17) is 16.6 Å². The Morgan fingerprint density at radius 1 is 1.00 bits per heavy atom. The van der Waals surface area contributed by atoms with Crippen molar-refractivity contribution in [3.05, 3.63) is 85.8 Å². The summed E-state index contributed by atoms with van der Waals surface area (Å²) in [6.07, 6.45) is 0. The number of benzene rings is 2. The Morgan fingerprint density at radius 2 is 1.78 bits per heavy atom. The minimum atomic E-state index is -0.491. The monoisotopic (exact) mass is 466 g/mol. The van der Waals surface area contributed by atoms with Crippen molar-refractivity contribution >= 4 is 45.6 Å². The lowest BCUT2D eigenvalue weighted by Gasteiger charge is -2.07. The van der Waals surface area contributed by atoms with E-state index in [2.05, 4.69) is 15.0 Å². The number of para-hydroxylation sites is 2. The number of H-pyrrole nitrogens is 2. The molecule has 10 heteroatoms. The molecule has 0 atom stereocenters. The van der Waals surface area contributed by atoms with Crippen LogP contribution >= 0.6 is 23.4 Å². The zero-order chi connectivity index (χ0) is 22.2. The highest BCUT2D eigenvalue weighted by atomic mass is 35.5. The third kappa shape index (κ3) is 3.74. The van der Waals surface area contributed by atoms with E-state index in [1.807, 2.05) is 47.9 Å². The van der Waals surface area contributed by atoms with Crippen molar-refractivity contribution in [1.29, 1.82) is 0 Å². The van der Waals surface area contributed by atoms with E-state index in [0.29, 0.717) is 34.3 Å². The molecule has 2 aromatic carbocycles. The minimum absolute atomic E-state index is 0.278. The zero-order valence-electron chi connectivity index (χ0n) is 17.1. The van der Waals surface area contributed by atoms with Gasteiger partial charge in [0.15, 0.2) is 16.3 Å². The first-order valence-electron chi connectivity index (χ1n) is 10.1. The second kappa shape index (κ2) is 8.33. The highest BCUT2D eigenvalue weighted by Crippen LogP contribution is 2.24. The van der Waals surface area contributed by atoms with Gasteiger partial charge in [-0.25, -0.2) is 14.8 Å². The van der Waals surface area contributed by atoms with Gasteiger partial charge >= 0.3 is 5.69 Å². The molecule has 5 rings (SSSR count). The molecule has 3 heterocycles. The van der Waals surface area contributed by atoms with E-state index < -0.39 is 11.2 Å². The van der Waals surface area contributed by atoms with E-state index in [1.54, 1.807) is 12.1 Å². The summed E-state index contributed by atoms with van der Waals surface area (Å²) >= 11 is 7.48. The van der Waals surface area contributed by atoms with Crippen LogP contribution in [0.15, 0.2) is 63.3 Å². The van der Waals surface area contributed by atoms with Gasteiger partial charge in [-0.1, -0.05) is 47.6 Å². The van der Waals surface area contributed by atoms with Gasteiger partial charge < -0.3 is 9.55 Å². The molecule has 32 heavy (non-hydrogen) atoms. The van der Waals surface area contributed by atoms with Gasteiger partial charge in [-0.3, -0.25) is 14.3 Å². The smallest absolute Gasteiger partial charge is 0.330 e. The SMILES string of the molecule is CCn1c(CSc2nc3ccccc3[nH]2)nc2c1c(=O)[nH]c(=O)n2Cc1ccc(Cl)cc1. The van der Waals surface area contributed by atoms with Crippen LogP contribution in [-0.2, 0) is 18.8 Å². The van der Waals surface area contributed by atoms with Crippen LogP contribution in [0.2, 0.25) is 5.02 Å². The molecule has 3 aromatic heterocycles. The third-order valence-corrected chi connectivity index (χ3v) is 6.36. The standard InChI is InChI=1S/C22H19ClN6O2S/c1-2-28-17(12-32-21-24-15-5-3-4-6-16(15)25-21)26-19-18(28)20(30)27-22(31)29(19)11-13-7-9-14(23)10-8-13/h3-10H,2,11-12H2,1H3,(H,24,25)(H,27,30,31). The number of nitrogens with one attached hydrogen (secondary N) is 2. The minimum Gasteiger partial charge on any atom is -0.333 e. The van der Waals surface area contributed by atoms with Crippen LogP contribution in [0.5, 0.6) is 0 Å². The summed E-state index contributed by atoms with van der Waals surface area (Å²) in [5.74, 6) is 1.20. The summed E-state index contributed by atoms with van der Waals surface area (Å²) < 4.78 is 3.34. The van der Waals surface area contributed by atoms with Gasteiger partial charge in [0, 0.05) is 11.6 Å². The van der Waals surface area contributed by atoms with Crippen LogP contribution in [0.3, 0.4) is 0 Å². The first-order valence-corrected chi connectivity index (χ1v) is 11.4. The average molecular weight is 467 g/mol. The molecule has 0 bridgehead atoms. The predicted octanol–water partition coefficient (Wildman–Crippen LogP) is 3.78. The number of imidazole rings is 2. The van der Waals surface area contributed by atoms with Crippen LogP contribution in [0, 0.1) is 0 Å². The van der Waals surface area contributed by atoms with E-state index in [1.165, 1.54) is 16.3 Å². The second-order valence-corrected chi connectivity index (χ2v) is 8.66. The highest BCUT2D eigenvalue weighted by molar-refractivity contribution is 7.98. The van der Waals surface area contributed by atoms with Crippen molar-refractivity contribution in [1.82, 2.24) is 29.1 Å². The number of hydrogen-bond donors (Lipinski definition) is 2. The third-order valence-electron chi connectivity index (χ3n) is 5.24. The van der Waals surface area contributed by atoms with Crippen molar-refractivity contribution in [2.75, 3.05) is 0 Å². The first-order chi connectivity index (χ1) is 15.5. The Bertz CT molecular complexity index is 1510. The Morgan fingerprint density at radius 3 is 2.53 bits per heavy atom. The van der Waals surface area contributed by atoms with E-state index in [0.717, 1.165) is 21.8 Å². The Hall–Kier alpha value is -3.30. The summed E-state index contributed by atoms with van der Waals surface area (Å²) in [5, 5.41) is 1.39. The second-order valence-electron chi connectivity index (χ2n) is 7.26. The number of aryl methyl sites for hydroxylation is 1. The Kier molecular flexibility index (Phi) is 5.36. The van der Waals surface area contributed by atoms with E-state index in [-0.39, 0.29) is 6.54 Å². The van der Waals surface area contributed by atoms with Crippen molar-refractivity contribution in [3.8, 4) is 0 Å². The van der Waals surface area contributed by atoms with Gasteiger partial charge in [0.2, 0.25) is 0 Å². The molecule has 2 N–H and O–H groups in total. The molecule has 0 aliphatic rings. The molecule has 8 nitrogen and oxygen atoms in total. The molecule has 0 saturated heterocycles. The first kappa shape index (κ1) is 20.6. The molecule has 0 radical (unpaired) electrons. The summed E-state index contributed by atoms with van der Waals surface area (Å²) in [6, 6.07) is 15.1. The molecule has 0 unspecified atom stereocenters. The van der Waals surface area contributed by atoms with Crippen LogP contribution in [0.25, 0.3) is 22.2 Å². The lowest BCUT2D eigenvalue weighted by Crippen LogP contribution is -2.31. The van der Waals surface area contributed by atoms with Gasteiger partial charge in [-0.05, 0) is 36.8 Å². The lowest BCUT2D eigenvalue weighted by molar-refractivity contribution is 0.736. The zero-order valence-corrected chi connectivity index (χ0v) is 18.7. The number of halogens is 1. The van der Waals surface area contributed by atoms with Gasteiger partial charge in [-0.15, -0.1) is 0 Å². The maximum Gasteiger partial charge on any atom is 0.330 e. The molecule has 0 aliphatic carbocycles. The molecule has 162 valence electrons. The van der Waals surface area contributed by atoms with Crippen LogP contribution in [-0.4, -0.2) is 29.1 Å². The summed E-state index contributed by atoms with van der Waals surface area (Å²) in [6.45, 7) is 2.78. The number of rotatable bonds is 6. The van der Waals surface area contributed by atoms with Crippen molar-refractivity contribution in [3.63, 3.8) is 0 Å². The van der Waals surface area contributed by atoms with Gasteiger partial charge in [0.1, 0.15) is 5.82 Å². The molecule has 0 saturated carbocycles. The molecule has 0 aliphatic heterocycles. The number of aromatic nitrogens is 6. The average Bonchev–Trinajstić information content (AvgIpc) is 3.37. The molecular formula is C22H19ClN6O2S. The summed E-state index contributed by atoms with van der Waals surface area (Å²) in [4.78, 5) is 40.3. The molecular weight excluding hydrogens is 448 g/mol. The van der Waals surface area contributed by atoms with Gasteiger partial charge in [0.05, 0.1) is 23.3 Å². The number of aromatic amines is 2. The largest absolute Gasteiger partial charge is 0.333 e. The fraction of sp³-hybridized carbons (Fsp3) is 0.182. The fourth-order valence-electron chi connectivity index (χ4n) is 3.72. The van der Waals surface area contributed by atoms with Crippen LogP contribution in [0.1, 0.15) is 18.3 Å². The maximum absolute atomic E-state index is 12.7. The quantitative estimate of drug-likeness (QED) is 0.371. The topological polar surface area (TPSA) is 101 Å². The van der Waals surface area contributed by atoms with Gasteiger partial charge in [0.25, 0.3) is 5.56 Å². The maximum atomic E-state index is 12.7. The van der Waals surface area contributed by atoms with Crippen molar-refractivity contribution in [2.45, 2.75) is 30.9 Å². The fourth-order valence-corrected chi connectivity index (χ4v) is 4.68. The number of hydrogen-bond acceptors (Lipinski definition) is 5. The number of fused-ring (bicyclic) bond motifs is 2. The van der Waals surface area contributed by atoms with E-state index >= 15 is 0 Å². The highest BCUT2D eigenvalue weighted by Gasteiger charge is 2.18. The Labute approximate surface area is 191 Å². The molecule has 0 spiro atoms. The normalized spacial score (nSPS) is 11.6. The van der Waals surface area contributed by atoms with Crippen molar-refractivity contribution in [2.24, 2.45) is 0 Å². The number of thioether (sulfide) groups is 1. The lowest BCUT2D eigenvalue weighted by atomic mass is 10.2. The van der Waals surface area contributed by atoms with Crippen molar-refractivity contribution < 1.29 is 0 Å².